The molecule has 2 aliphatic rings. The molecule has 0 aromatic heterocycles. The van der Waals surface area contributed by atoms with Crippen LogP contribution < -0.4 is 0 Å². The SMILES string of the molecule is CC1=CC=C(C2=C(F)CC(C)CC2)C(F)(F)C1(F)F. The van der Waals surface area contributed by atoms with Crippen LogP contribution in [0.3, 0.4) is 0 Å². The number of rotatable bonds is 1. The maximum absolute atomic E-state index is 13.9. The van der Waals surface area contributed by atoms with Crippen LogP contribution in [0.1, 0.15) is 33.1 Å². The summed E-state index contributed by atoms with van der Waals surface area (Å²) in [4.78, 5) is 0. The van der Waals surface area contributed by atoms with E-state index in [0.29, 0.717) is 6.42 Å². The van der Waals surface area contributed by atoms with Gasteiger partial charge in [-0.1, -0.05) is 19.1 Å². The second-order valence-electron chi connectivity index (χ2n) is 5.31. The molecule has 0 amide bonds. The van der Waals surface area contributed by atoms with Gasteiger partial charge in [-0.2, -0.15) is 17.6 Å². The normalized spacial score (nSPS) is 29.9. The standard InChI is InChI=1S/C14H15F5/c1-8-3-5-10(12(15)7-8)11-6-4-9(2)13(16,17)14(11,18)19/h4,6,8H,3,5,7H2,1-2H3. The van der Waals surface area contributed by atoms with Gasteiger partial charge in [0.1, 0.15) is 5.83 Å². The van der Waals surface area contributed by atoms with E-state index < -0.39 is 28.8 Å². The molecule has 0 nitrogen and oxygen atoms in total. The van der Waals surface area contributed by atoms with E-state index in [2.05, 4.69) is 0 Å². The molecule has 1 unspecified atom stereocenters. The summed E-state index contributed by atoms with van der Waals surface area (Å²) in [5.74, 6) is -9.24. The Kier molecular flexibility index (Phi) is 3.35. The third-order valence-corrected chi connectivity index (χ3v) is 3.80. The molecule has 2 rings (SSSR count). The van der Waals surface area contributed by atoms with Crippen LogP contribution in [0.15, 0.2) is 34.7 Å². The van der Waals surface area contributed by atoms with Crippen LogP contribution in [0.5, 0.6) is 0 Å². The van der Waals surface area contributed by atoms with Crippen molar-refractivity contribution in [2.75, 3.05) is 0 Å². The van der Waals surface area contributed by atoms with Gasteiger partial charge in [0, 0.05) is 17.6 Å². The summed E-state index contributed by atoms with van der Waals surface area (Å²) >= 11 is 0. The van der Waals surface area contributed by atoms with Crippen molar-refractivity contribution in [3.8, 4) is 0 Å². The molecular weight excluding hydrogens is 263 g/mol. The van der Waals surface area contributed by atoms with Crippen molar-refractivity contribution >= 4 is 0 Å². The van der Waals surface area contributed by atoms with E-state index in [0.717, 1.165) is 19.1 Å². The number of hydrogen-bond acceptors (Lipinski definition) is 0. The van der Waals surface area contributed by atoms with Crippen LogP contribution in [0.25, 0.3) is 0 Å². The zero-order valence-electron chi connectivity index (χ0n) is 10.7. The van der Waals surface area contributed by atoms with E-state index in [4.69, 9.17) is 0 Å². The van der Waals surface area contributed by atoms with Crippen molar-refractivity contribution < 1.29 is 22.0 Å². The zero-order valence-corrected chi connectivity index (χ0v) is 10.7. The van der Waals surface area contributed by atoms with Crippen LogP contribution in [0.2, 0.25) is 0 Å². The molecule has 2 aliphatic carbocycles. The third kappa shape index (κ3) is 2.13. The predicted molar refractivity (Wildman–Crippen MR) is 62.9 cm³/mol. The van der Waals surface area contributed by atoms with E-state index >= 15 is 0 Å². The minimum Gasteiger partial charge on any atom is -0.212 e. The average Bonchev–Trinajstić information content (AvgIpc) is 2.29. The molecular formula is C14H15F5. The van der Waals surface area contributed by atoms with Crippen molar-refractivity contribution in [2.45, 2.75) is 45.0 Å². The van der Waals surface area contributed by atoms with Crippen molar-refractivity contribution in [2.24, 2.45) is 5.92 Å². The summed E-state index contributed by atoms with van der Waals surface area (Å²) in [5.41, 5.74) is -1.81. The molecule has 0 aliphatic heterocycles. The Bertz CT molecular complexity index is 482. The fraction of sp³-hybridized carbons (Fsp3) is 0.571. The second-order valence-corrected chi connectivity index (χ2v) is 5.31. The Morgan fingerprint density at radius 2 is 1.74 bits per heavy atom. The molecule has 0 heterocycles. The Morgan fingerprint density at radius 3 is 2.32 bits per heavy atom. The molecule has 0 N–H and O–H groups in total. The number of hydrogen-bond donors (Lipinski definition) is 0. The molecule has 0 aromatic carbocycles. The van der Waals surface area contributed by atoms with Gasteiger partial charge >= 0.3 is 11.8 Å². The predicted octanol–water partition coefficient (Wildman–Crippen LogP) is 5.19. The zero-order chi connectivity index (χ0) is 14.4. The van der Waals surface area contributed by atoms with Gasteiger partial charge in [0.25, 0.3) is 0 Å². The summed E-state index contributed by atoms with van der Waals surface area (Å²) in [6.45, 7) is 2.76. The highest BCUT2D eigenvalue weighted by molar-refractivity contribution is 5.48. The Balaban J connectivity index is 2.48. The van der Waals surface area contributed by atoms with Crippen LogP contribution in [0, 0.1) is 5.92 Å². The van der Waals surface area contributed by atoms with Crippen LogP contribution in [-0.2, 0) is 0 Å². The monoisotopic (exact) mass is 278 g/mol. The summed E-state index contributed by atoms with van der Waals surface area (Å²) in [7, 11) is 0. The van der Waals surface area contributed by atoms with Gasteiger partial charge in [-0.3, -0.25) is 0 Å². The van der Waals surface area contributed by atoms with Crippen LogP contribution in [-0.4, -0.2) is 11.8 Å². The van der Waals surface area contributed by atoms with Crippen molar-refractivity contribution in [1.82, 2.24) is 0 Å². The molecule has 5 heteroatoms. The number of allylic oxidation sites excluding steroid dienone is 6. The van der Waals surface area contributed by atoms with E-state index in [1.54, 1.807) is 0 Å². The maximum Gasteiger partial charge on any atom is 0.339 e. The van der Waals surface area contributed by atoms with Crippen LogP contribution >= 0.6 is 0 Å². The first-order chi connectivity index (χ1) is 8.68. The van der Waals surface area contributed by atoms with Gasteiger partial charge in [-0.15, -0.1) is 0 Å². The summed E-state index contributed by atoms with van der Waals surface area (Å²) in [6.07, 6.45) is 2.53. The van der Waals surface area contributed by atoms with Crippen molar-refractivity contribution in [3.63, 3.8) is 0 Å². The smallest absolute Gasteiger partial charge is 0.212 e. The Morgan fingerprint density at radius 1 is 1.11 bits per heavy atom. The van der Waals surface area contributed by atoms with Crippen molar-refractivity contribution in [3.05, 3.63) is 34.7 Å². The Labute approximate surface area is 108 Å². The average molecular weight is 278 g/mol. The van der Waals surface area contributed by atoms with Gasteiger partial charge in [-0.05, 0) is 31.3 Å². The van der Waals surface area contributed by atoms with Crippen molar-refractivity contribution in [1.29, 1.82) is 0 Å². The first-order valence-electron chi connectivity index (χ1n) is 6.21. The maximum atomic E-state index is 13.9. The summed E-state index contributed by atoms with van der Waals surface area (Å²) in [6, 6.07) is 0. The number of alkyl halides is 4. The third-order valence-electron chi connectivity index (χ3n) is 3.80. The lowest BCUT2D eigenvalue weighted by atomic mass is 9.80. The fourth-order valence-corrected chi connectivity index (χ4v) is 2.46. The van der Waals surface area contributed by atoms with E-state index in [1.165, 1.54) is 0 Å². The molecule has 0 spiro atoms. The second kappa shape index (κ2) is 4.46. The van der Waals surface area contributed by atoms with Gasteiger partial charge in [0.2, 0.25) is 0 Å². The molecule has 0 fully saturated rings. The highest BCUT2D eigenvalue weighted by Crippen LogP contribution is 2.51. The molecule has 106 valence electrons. The van der Waals surface area contributed by atoms with E-state index in [9.17, 15) is 22.0 Å². The first-order valence-corrected chi connectivity index (χ1v) is 6.21. The number of halogens is 5. The fourth-order valence-electron chi connectivity index (χ4n) is 2.46. The molecule has 0 saturated carbocycles. The molecule has 19 heavy (non-hydrogen) atoms. The van der Waals surface area contributed by atoms with E-state index in [1.807, 2.05) is 6.92 Å². The lowest BCUT2D eigenvalue weighted by Crippen LogP contribution is -2.45. The van der Waals surface area contributed by atoms with Gasteiger partial charge < -0.3 is 0 Å². The topological polar surface area (TPSA) is 0 Å². The van der Waals surface area contributed by atoms with Crippen LogP contribution in [0.4, 0.5) is 22.0 Å². The quantitative estimate of drug-likeness (QED) is 0.579. The molecule has 0 radical (unpaired) electrons. The molecule has 0 saturated heterocycles. The minimum absolute atomic E-state index is 0.0387. The molecule has 0 aromatic rings. The highest BCUT2D eigenvalue weighted by Gasteiger charge is 2.61. The lowest BCUT2D eigenvalue weighted by Gasteiger charge is -2.34. The first kappa shape index (κ1) is 14.3. The Hall–Kier alpha value is -1.13. The summed E-state index contributed by atoms with van der Waals surface area (Å²) < 4.78 is 68.8. The van der Waals surface area contributed by atoms with E-state index in [-0.39, 0.29) is 24.3 Å². The highest BCUT2D eigenvalue weighted by atomic mass is 19.3. The van der Waals surface area contributed by atoms with Gasteiger partial charge in [0.05, 0.1) is 0 Å². The largest absolute Gasteiger partial charge is 0.339 e. The summed E-state index contributed by atoms with van der Waals surface area (Å²) in [5, 5.41) is 0. The lowest BCUT2D eigenvalue weighted by molar-refractivity contribution is -0.161. The molecule has 1 atom stereocenters. The van der Waals surface area contributed by atoms with Gasteiger partial charge in [-0.25, -0.2) is 4.39 Å². The van der Waals surface area contributed by atoms with Gasteiger partial charge in [0.15, 0.2) is 0 Å². The molecule has 0 bridgehead atoms. The minimum atomic E-state index is -4.35.